The highest BCUT2D eigenvalue weighted by Gasteiger charge is 2.30. The second-order valence-electron chi connectivity index (χ2n) is 7.67. The van der Waals surface area contributed by atoms with Gasteiger partial charge in [0.2, 0.25) is 0 Å². The molecule has 0 aromatic heterocycles. The van der Waals surface area contributed by atoms with Gasteiger partial charge in [0, 0.05) is 17.1 Å². The largest absolute Gasteiger partial charge is 0.494 e. The van der Waals surface area contributed by atoms with E-state index in [-0.39, 0.29) is 11.7 Å². The molecule has 2 rings (SSSR count). The lowest BCUT2D eigenvalue weighted by Gasteiger charge is -2.27. The van der Waals surface area contributed by atoms with Gasteiger partial charge in [-0.1, -0.05) is 43.4 Å². The first kappa shape index (κ1) is 23.2. The molecule has 1 atom stereocenters. The minimum absolute atomic E-state index is 0.00257. The number of rotatable bonds is 8. The predicted molar refractivity (Wildman–Crippen MR) is 123 cm³/mol. The fourth-order valence-electron chi connectivity index (χ4n) is 3.79. The fourth-order valence-corrected chi connectivity index (χ4v) is 3.79. The molecule has 0 fully saturated rings. The number of carbonyl (C=O) groups excluding carboxylic acids is 1. The van der Waals surface area contributed by atoms with Crippen LogP contribution in [0.15, 0.2) is 77.1 Å². The van der Waals surface area contributed by atoms with Crippen molar-refractivity contribution in [3.05, 3.63) is 93.8 Å². The van der Waals surface area contributed by atoms with Crippen LogP contribution in [-0.4, -0.2) is 12.4 Å². The van der Waals surface area contributed by atoms with Crippen molar-refractivity contribution in [1.29, 1.82) is 5.26 Å². The predicted octanol–water partition coefficient (Wildman–Crippen LogP) is 6.63. The molecule has 3 nitrogen and oxygen atoms in total. The van der Waals surface area contributed by atoms with Crippen LogP contribution < -0.4 is 0 Å². The first-order chi connectivity index (χ1) is 14.3. The molecule has 0 saturated carbocycles. The van der Waals surface area contributed by atoms with Crippen LogP contribution in [0.5, 0.6) is 0 Å². The van der Waals surface area contributed by atoms with Gasteiger partial charge < -0.3 is 4.74 Å². The fraction of sp³-hybridized carbons (Fsp3) is 0.333. The summed E-state index contributed by atoms with van der Waals surface area (Å²) in [6.45, 7) is 14.2. The van der Waals surface area contributed by atoms with Gasteiger partial charge in [-0.25, -0.2) is 0 Å². The summed E-state index contributed by atoms with van der Waals surface area (Å²) >= 11 is 0. The number of carbonyl (C=O) groups is 1. The average Bonchev–Trinajstić information content (AvgIpc) is 2.90. The van der Waals surface area contributed by atoms with Crippen molar-refractivity contribution < 1.29 is 9.53 Å². The Kier molecular flexibility index (Phi) is 8.18. The summed E-state index contributed by atoms with van der Waals surface area (Å²) in [5.41, 5.74) is 6.21. The first-order valence-corrected chi connectivity index (χ1v) is 10.4. The maximum atomic E-state index is 12.9. The van der Waals surface area contributed by atoms with Gasteiger partial charge in [-0.15, -0.1) is 0 Å². The number of ketones is 1. The molecule has 0 saturated heterocycles. The number of allylic oxidation sites excluding steroid dienone is 8. The van der Waals surface area contributed by atoms with E-state index in [1.807, 2.05) is 32.0 Å². The van der Waals surface area contributed by atoms with Gasteiger partial charge in [-0.3, -0.25) is 4.79 Å². The van der Waals surface area contributed by atoms with Crippen molar-refractivity contribution in [3.8, 4) is 6.07 Å². The molecular weight excluding hydrogens is 370 g/mol. The molecule has 0 spiro atoms. The molecule has 3 heteroatoms. The summed E-state index contributed by atoms with van der Waals surface area (Å²) in [6, 6.07) is 7.84. The molecule has 1 aliphatic carbocycles. The third-order valence-corrected chi connectivity index (χ3v) is 5.29. The Morgan fingerprint density at radius 1 is 1.30 bits per heavy atom. The van der Waals surface area contributed by atoms with Crippen LogP contribution >= 0.6 is 0 Å². The van der Waals surface area contributed by atoms with Crippen LogP contribution in [0.25, 0.3) is 0 Å². The SMILES string of the molecule is C=C/C(C)=C(/C(C)=O)[C@@H](C1=CC(C)=CCC=C1OCCC)c1ccc(C#N)cc1C. The van der Waals surface area contributed by atoms with E-state index < -0.39 is 0 Å². The summed E-state index contributed by atoms with van der Waals surface area (Å²) < 4.78 is 6.15. The highest BCUT2D eigenvalue weighted by Crippen LogP contribution is 2.41. The summed E-state index contributed by atoms with van der Waals surface area (Å²) in [5, 5.41) is 9.30. The lowest BCUT2D eigenvalue weighted by Crippen LogP contribution is -2.17. The highest BCUT2D eigenvalue weighted by molar-refractivity contribution is 5.97. The van der Waals surface area contributed by atoms with Crippen LogP contribution in [0, 0.1) is 18.3 Å². The van der Waals surface area contributed by atoms with Crippen LogP contribution in [0.3, 0.4) is 0 Å². The van der Waals surface area contributed by atoms with Crippen LogP contribution in [0.2, 0.25) is 0 Å². The summed E-state index contributed by atoms with van der Waals surface area (Å²) in [7, 11) is 0. The Labute approximate surface area is 180 Å². The molecule has 0 aliphatic heterocycles. The van der Waals surface area contributed by atoms with Gasteiger partial charge in [0.05, 0.1) is 18.2 Å². The Hall–Kier alpha value is -3.12. The minimum atomic E-state index is -0.308. The standard InChI is InChI=1S/C27H31NO2/c1-7-14-30-25-11-9-10-18(3)15-24(25)27(26(21(6)29)19(4)8-2)23-13-12-22(17-28)16-20(23)5/h8,10-13,15-16,27H,2,7,9,14H2,1,3-6H3/b26-19-/t27-/m1/s1. The number of hydrogen-bond acceptors (Lipinski definition) is 3. The van der Waals surface area contributed by atoms with Crippen LogP contribution in [-0.2, 0) is 9.53 Å². The molecule has 0 heterocycles. The van der Waals surface area contributed by atoms with E-state index in [0.717, 1.165) is 46.4 Å². The quantitative estimate of drug-likeness (QED) is 0.363. The molecule has 0 amide bonds. The van der Waals surface area contributed by atoms with E-state index in [1.54, 1.807) is 13.0 Å². The van der Waals surface area contributed by atoms with E-state index in [2.05, 4.69) is 44.7 Å². The monoisotopic (exact) mass is 401 g/mol. The third-order valence-electron chi connectivity index (χ3n) is 5.29. The number of benzene rings is 1. The molecule has 1 aromatic carbocycles. The van der Waals surface area contributed by atoms with Gasteiger partial charge in [0.15, 0.2) is 5.78 Å². The zero-order valence-corrected chi connectivity index (χ0v) is 18.7. The number of Topliss-reactive ketones (excluding diaryl/α,β-unsaturated/α-hetero) is 1. The van der Waals surface area contributed by atoms with Crippen molar-refractivity contribution in [2.24, 2.45) is 0 Å². The smallest absolute Gasteiger partial charge is 0.157 e. The third kappa shape index (κ3) is 5.27. The van der Waals surface area contributed by atoms with E-state index in [9.17, 15) is 10.1 Å². The maximum Gasteiger partial charge on any atom is 0.157 e. The molecule has 1 aromatic rings. The molecule has 0 N–H and O–H groups in total. The second kappa shape index (κ2) is 10.6. The zero-order chi connectivity index (χ0) is 22.3. The Morgan fingerprint density at radius 2 is 2.03 bits per heavy atom. The molecule has 156 valence electrons. The second-order valence-corrected chi connectivity index (χ2v) is 7.67. The summed E-state index contributed by atoms with van der Waals surface area (Å²) in [4.78, 5) is 12.9. The van der Waals surface area contributed by atoms with Gasteiger partial charge in [0.1, 0.15) is 5.76 Å². The molecule has 0 radical (unpaired) electrons. The molecule has 0 bridgehead atoms. The number of hydrogen-bond donors (Lipinski definition) is 0. The molecule has 1 aliphatic rings. The van der Waals surface area contributed by atoms with Gasteiger partial charge in [-0.2, -0.15) is 5.26 Å². The van der Waals surface area contributed by atoms with E-state index in [0.29, 0.717) is 17.7 Å². The Bertz CT molecular complexity index is 996. The average molecular weight is 402 g/mol. The van der Waals surface area contributed by atoms with Crippen LogP contribution in [0.4, 0.5) is 0 Å². The number of nitrogens with zero attached hydrogens (tertiary/aromatic N) is 1. The highest BCUT2D eigenvalue weighted by atomic mass is 16.5. The molecule has 0 unspecified atom stereocenters. The minimum Gasteiger partial charge on any atom is -0.494 e. The lowest BCUT2D eigenvalue weighted by atomic mass is 9.77. The van der Waals surface area contributed by atoms with Gasteiger partial charge in [0.25, 0.3) is 0 Å². The normalized spacial score (nSPS) is 15.5. The maximum absolute atomic E-state index is 12.9. The van der Waals surface area contributed by atoms with Crippen molar-refractivity contribution >= 4 is 5.78 Å². The molecule has 30 heavy (non-hydrogen) atoms. The zero-order valence-electron chi connectivity index (χ0n) is 18.7. The number of nitriles is 1. The van der Waals surface area contributed by atoms with Crippen molar-refractivity contribution in [2.45, 2.75) is 53.4 Å². The van der Waals surface area contributed by atoms with Crippen molar-refractivity contribution in [3.63, 3.8) is 0 Å². The van der Waals surface area contributed by atoms with Crippen molar-refractivity contribution in [2.75, 3.05) is 6.61 Å². The number of ether oxygens (including phenoxy) is 1. The van der Waals surface area contributed by atoms with E-state index in [4.69, 9.17) is 4.74 Å². The van der Waals surface area contributed by atoms with Gasteiger partial charge >= 0.3 is 0 Å². The van der Waals surface area contributed by atoms with Crippen molar-refractivity contribution in [1.82, 2.24) is 0 Å². The first-order valence-electron chi connectivity index (χ1n) is 10.4. The summed E-state index contributed by atoms with van der Waals surface area (Å²) in [5.74, 6) is 0.509. The van der Waals surface area contributed by atoms with Gasteiger partial charge in [-0.05, 0) is 75.4 Å². The molecular formula is C27H31NO2. The lowest BCUT2D eigenvalue weighted by molar-refractivity contribution is -0.113. The van der Waals surface area contributed by atoms with E-state index >= 15 is 0 Å². The number of aryl methyl sites for hydroxylation is 1. The summed E-state index contributed by atoms with van der Waals surface area (Å²) in [6.07, 6.45) is 9.78. The Balaban J connectivity index is 2.84. The Morgan fingerprint density at radius 3 is 2.60 bits per heavy atom. The topological polar surface area (TPSA) is 50.1 Å². The van der Waals surface area contributed by atoms with Crippen LogP contribution in [0.1, 0.15) is 63.1 Å². The van der Waals surface area contributed by atoms with E-state index in [1.165, 1.54) is 0 Å².